The molecule has 0 atom stereocenters. The number of nitrogens with zero attached hydrogens (tertiary/aromatic N) is 3. The third-order valence-corrected chi connectivity index (χ3v) is 12.6. The molecule has 9 aromatic carbocycles. The van der Waals surface area contributed by atoms with Gasteiger partial charge < -0.3 is 13.9 Å². The van der Waals surface area contributed by atoms with Gasteiger partial charge in [-0.25, -0.2) is 4.98 Å². The van der Waals surface area contributed by atoms with E-state index in [-0.39, 0.29) is 5.41 Å². The van der Waals surface area contributed by atoms with Crippen molar-refractivity contribution in [3.63, 3.8) is 0 Å². The molecule has 11 aromatic rings. The fourth-order valence-corrected chi connectivity index (χ4v) is 9.85. The Morgan fingerprint density at radius 2 is 1.13 bits per heavy atom. The van der Waals surface area contributed by atoms with E-state index < -0.39 is 0 Å². The second kappa shape index (κ2) is 13.2. The van der Waals surface area contributed by atoms with Crippen molar-refractivity contribution < 1.29 is 4.42 Å². The van der Waals surface area contributed by atoms with Gasteiger partial charge >= 0.3 is 0 Å². The molecule has 2 heterocycles. The molecule has 0 fully saturated rings. The highest BCUT2D eigenvalue weighted by atomic mass is 16.3. The largest absolute Gasteiger partial charge is 0.435 e. The number of anilines is 3. The van der Waals surface area contributed by atoms with Crippen LogP contribution in [0.2, 0.25) is 0 Å². The summed E-state index contributed by atoms with van der Waals surface area (Å²) < 4.78 is 9.13. The van der Waals surface area contributed by atoms with Crippen molar-refractivity contribution in [2.45, 2.75) is 19.3 Å². The Morgan fingerprint density at radius 1 is 0.483 bits per heavy atom. The Labute approximate surface area is 348 Å². The van der Waals surface area contributed by atoms with Crippen molar-refractivity contribution >= 4 is 60.7 Å². The molecule has 1 aliphatic carbocycles. The van der Waals surface area contributed by atoms with E-state index in [9.17, 15) is 0 Å². The Hall–Kier alpha value is -7.69. The summed E-state index contributed by atoms with van der Waals surface area (Å²) in [6, 6.07) is 72.0. The Morgan fingerprint density at radius 3 is 1.97 bits per heavy atom. The van der Waals surface area contributed by atoms with E-state index >= 15 is 0 Å². The van der Waals surface area contributed by atoms with Gasteiger partial charge in [-0.1, -0.05) is 153 Å². The molecule has 0 spiro atoms. The average molecular weight is 770 g/mol. The molecule has 2 aromatic heterocycles. The standard InChI is InChI=1S/C56H39N3O/c1-56(2)46-28-14-11-22-39(46)40-33-32-38(34-47(40)56)59(49-30-15-12-24-42(49)44-27-17-29-48-54(44)60-55(57-48)36-18-5-3-6-19-36)51-35-52-53(43-25-10-9-23-41(43)51)45-26-13-16-31-50(45)58(52)37-20-7-4-8-21-37/h3-35H,1-2H3. The molecule has 0 unspecified atom stereocenters. The number of oxazole rings is 1. The summed E-state index contributed by atoms with van der Waals surface area (Å²) in [5.74, 6) is 0.609. The van der Waals surface area contributed by atoms with Crippen LogP contribution in [0, 0.1) is 0 Å². The zero-order chi connectivity index (χ0) is 40.0. The highest BCUT2D eigenvalue weighted by Gasteiger charge is 2.36. The maximum atomic E-state index is 6.70. The van der Waals surface area contributed by atoms with Crippen LogP contribution in [-0.4, -0.2) is 9.55 Å². The van der Waals surface area contributed by atoms with Crippen molar-refractivity contribution in [2.24, 2.45) is 0 Å². The fourth-order valence-electron chi connectivity index (χ4n) is 9.85. The van der Waals surface area contributed by atoms with E-state index in [1.165, 1.54) is 49.3 Å². The third kappa shape index (κ3) is 5.07. The van der Waals surface area contributed by atoms with Crippen molar-refractivity contribution in [1.82, 2.24) is 9.55 Å². The molecular weight excluding hydrogens is 731 g/mol. The van der Waals surface area contributed by atoms with Crippen molar-refractivity contribution in [1.29, 1.82) is 0 Å². The van der Waals surface area contributed by atoms with Crippen LogP contribution in [0.3, 0.4) is 0 Å². The monoisotopic (exact) mass is 769 g/mol. The molecule has 0 saturated carbocycles. The summed E-state index contributed by atoms with van der Waals surface area (Å²) in [4.78, 5) is 7.47. The van der Waals surface area contributed by atoms with E-state index in [0.717, 1.165) is 56.1 Å². The zero-order valence-electron chi connectivity index (χ0n) is 33.3. The van der Waals surface area contributed by atoms with Gasteiger partial charge in [0.2, 0.25) is 5.89 Å². The Kier molecular flexibility index (Phi) is 7.54. The molecule has 0 bridgehead atoms. The maximum Gasteiger partial charge on any atom is 0.227 e. The van der Waals surface area contributed by atoms with Crippen LogP contribution in [0.15, 0.2) is 205 Å². The summed E-state index contributed by atoms with van der Waals surface area (Å²) in [7, 11) is 0. The predicted octanol–water partition coefficient (Wildman–Crippen LogP) is 15.2. The predicted molar refractivity (Wildman–Crippen MR) is 249 cm³/mol. The lowest BCUT2D eigenvalue weighted by molar-refractivity contribution is 0.621. The first-order valence-electron chi connectivity index (χ1n) is 20.6. The number of benzene rings is 9. The van der Waals surface area contributed by atoms with Crippen LogP contribution in [-0.2, 0) is 5.41 Å². The van der Waals surface area contributed by atoms with E-state index in [0.29, 0.717) is 5.89 Å². The first kappa shape index (κ1) is 34.4. The summed E-state index contributed by atoms with van der Waals surface area (Å²) in [5, 5.41) is 4.85. The summed E-state index contributed by atoms with van der Waals surface area (Å²) in [6.45, 7) is 4.71. The Bertz CT molecular complexity index is 3470. The molecule has 4 nitrogen and oxygen atoms in total. The van der Waals surface area contributed by atoms with Gasteiger partial charge in [-0.15, -0.1) is 0 Å². The molecule has 4 heteroatoms. The van der Waals surface area contributed by atoms with E-state index in [4.69, 9.17) is 9.40 Å². The van der Waals surface area contributed by atoms with Gasteiger partial charge in [-0.05, 0) is 88.3 Å². The lowest BCUT2D eigenvalue weighted by Crippen LogP contribution is -2.17. The quantitative estimate of drug-likeness (QED) is 0.169. The highest BCUT2D eigenvalue weighted by molar-refractivity contribution is 6.25. The molecule has 0 amide bonds. The lowest BCUT2D eigenvalue weighted by atomic mass is 9.82. The SMILES string of the molecule is CC1(C)c2ccccc2-c2ccc(N(c3ccccc3-c3cccc4nc(-c5ccccc5)oc34)c3cc4c(c5ccccc35)c3ccccc3n4-c3ccccc3)cc21. The first-order chi connectivity index (χ1) is 29.5. The fraction of sp³-hybridized carbons (Fsp3) is 0.0536. The normalized spacial score (nSPS) is 13.0. The second-order valence-electron chi connectivity index (χ2n) is 16.3. The number of rotatable bonds is 6. The van der Waals surface area contributed by atoms with Crippen LogP contribution >= 0.6 is 0 Å². The lowest BCUT2D eigenvalue weighted by Gasteiger charge is -2.31. The van der Waals surface area contributed by atoms with Gasteiger partial charge in [0.15, 0.2) is 5.58 Å². The molecule has 60 heavy (non-hydrogen) atoms. The molecule has 0 aliphatic heterocycles. The van der Waals surface area contributed by atoms with Crippen molar-refractivity contribution in [3.05, 3.63) is 211 Å². The minimum absolute atomic E-state index is 0.182. The Balaban J connectivity index is 1.18. The average Bonchev–Trinajstić information content (AvgIpc) is 3.96. The smallest absolute Gasteiger partial charge is 0.227 e. The molecule has 0 radical (unpaired) electrons. The van der Waals surface area contributed by atoms with Gasteiger partial charge in [0.1, 0.15) is 5.52 Å². The minimum atomic E-state index is -0.182. The molecular formula is C56H39N3O. The second-order valence-corrected chi connectivity index (χ2v) is 16.3. The highest BCUT2D eigenvalue weighted by Crippen LogP contribution is 2.53. The summed E-state index contributed by atoms with van der Waals surface area (Å²) >= 11 is 0. The minimum Gasteiger partial charge on any atom is -0.435 e. The number of hydrogen-bond donors (Lipinski definition) is 0. The summed E-state index contributed by atoms with van der Waals surface area (Å²) in [5.41, 5.74) is 16.3. The van der Waals surface area contributed by atoms with Gasteiger partial charge in [-0.2, -0.15) is 0 Å². The number of aromatic nitrogens is 2. The molecule has 12 rings (SSSR count). The summed E-state index contributed by atoms with van der Waals surface area (Å²) in [6.07, 6.45) is 0. The van der Waals surface area contributed by atoms with Crippen LogP contribution in [0.1, 0.15) is 25.0 Å². The van der Waals surface area contributed by atoms with Crippen LogP contribution in [0.5, 0.6) is 0 Å². The third-order valence-electron chi connectivity index (χ3n) is 12.6. The number of hydrogen-bond acceptors (Lipinski definition) is 3. The van der Waals surface area contributed by atoms with Gasteiger partial charge in [-0.3, -0.25) is 0 Å². The number of fused-ring (bicyclic) bond motifs is 9. The topological polar surface area (TPSA) is 34.2 Å². The molecule has 0 N–H and O–H groups in total. The molecule has 1 aliphatic rings. The number of para-hydroxylation sites is 4. The maximum absolute atomic E-state index is 6.70. The van der Waals surface area contributed by atoms with Gasteiger partial charge in [0.05, 0.1) is 22.4 Å². The molecule has 0 saturated heterocycles. The van der Waals surface area contributed by atoms with Crippen LogP contribution < -0.4 is 4.90 Å². The van der Waals surface area contributed by atoms with Crippen molar-refractivity contribution in [3.8, 4) is 39.4 Å². The van der Waals surface area contributed by atoms with Crippen LogP contribution in [0.4, 0.5) is 17.1 Å². The first-order valence-corrected chi connectivity index (χ1v) is 20.6. The van der Waals surface area contributed by atoms with Crippen LogP contribution in [0.25, 0.3) is 83.1 Å². The van der Waals surface area contributed by atoms with E-state index in [1.807, 2.05) is 36.4 Å². The molecule has 284 valence electrons. The van der Waals surface area contributed by atoms with E-state index in [2.05, 4.69) is 187 Å². The van der Waals surface area contributed by atoms with E-state index in [1.54, 1.807) is 0 Å². The van der Waals surface area contributed by atoms with Gasteiger partial charge in [0, 0.05) is 49.6 Å². The van der Waals surface area contributed by atoms with Crippen molar-refractivity contribution in [2.75, 3.05) is 4.90 Å². The zero-order valence-corrected chi connectivity index (χ0v) is 33.3. The van der Waals surface area contributed by atoms with Gasteiger partial charge in [0.25, 0.3) is 0 Å².